The summed E-state index contributed by atoms with van der Waals surface area (Å²) in [5.41, 5.74) is 0. The number of hydrogen-bond donors (Lipinski definition) is 0. The van der Waals surface area contributed by atoms with Gasteiger partial charge in [-0.15, -0.1) is 0 Å². The molecule has 368 valence electrons. The first-order valence-corrected chi connectivity index (χ1v) is 27.5. The van der Waals surface area contributed by atoms with E-state index in [-0.39, 0.29) is 37.5 Å². The average Bonchev–Trinajstić information content (AvgIpc) is 3.28. The molecule has 0 aliphatic carbocycles. The van der Waals surface area contributed by atoms with Gasteiger partial charge in [-0.05, 0) is 64.2 Å². The van der Waals surface area contributed by atoms with Gasteiger partial charge in [-0.2, -0.15) is 0 Å². The zero-order valence-electron chi connectivity index (χ0n) is 42.1. The van der Waals surface area contributed by atoms with Crippen LogP contribution in [0.5, 0.6) is 0 Å². The summed E-state index contributed by atoms with van der Waals surface area (Å²) in [6.45, 7) is 6.60. The summed E-state index contributed by atoms with van der Waals surface area (Å²) >= 11 is 0. The summed E-state index contributed by atoms with van der Waals surface area (Å²) in [5.74, 6) is -0.949. The number of carbonyl (C=O) groups excluding carboxylic acids is 3. The van der Waals surface area contributed by atoms with Crippen LogP contribution < -0.4 is 0 Å². The standard InChI is InChI=1S/C57H104O6/c1-4-7-10-13-16-19-22-25-27-28-30-32-35-38-41-44-47-50-56(59)62-53-54(52-61-55(58)49-46-43-40-37-34-31-24-21-18-15-12-9-6-3)63-57(60)51-48-45-42-39-36-33-29-26-23-20-17-14-11-8-5-2/h25,27,31,34,40,43,54H,4-24,26,28-30,32-33,35-39,41-42,44-53H2,1-3H3/b27-25-,34-31-,43-40-. The van der Waals surface area contributed by atoms with Crippen molar-refractivity contribution in [1.82, 2.24) is 0 Å². The SMILES string of the molecule is CCCCCCCC/C=C\C/C=C\CCC(=O)OCC(COC(=O)CCCCCCCCC/C=C\CCCCCCCC)OC(=O)CCCCCCCCCCCCCCCCC. The van der Waals surface area contributed by atoms with Crippen molar-refractivity contribution in [1.29, 1.82) is 0 Å². The van der Waals surface area contributed by atoms with Gasteiger partial charge in [0.1, 0.15) is 13.2 Å². The fourth-order valence-electron chi connectivity index (χ4n) is 7.96. The highest BCUT2D eigenvalue weighted by Crippen LogP contribution is 2.16. The molecule has 0 aromatic carbocycles. The van der Waals surface area contributed by atoms with Crippen LogP contribution in [0.3, 0.4) is 0 Å². The molecule has 0 heterocycles. The lowest BCUT2D eigenvalue weighted by Gasteiger charge is -2.18. The molecule has 0 amide bonds. The molecule has 0 saturated carbocycles. The molecule has 6 nitrogen and oxygen atoms in total. The maximum Gasteiger partial charge on any atom is 0.306 e. The molecular weight excluding hydrogens is 781 g/mol. The Morgan fingerprint density at radius 2 is 0.603 bits per heavy atom. The smallest absolute Gasteiger partial charge is 0.306 e. The lowest BCUT2D eigenvalue weighted by molar-refractivity contribution is -0.166. The maximum absolute atomic E-state index is 12.8. The van der Waals surface area contributed by atoms with Gasteiger partial charge in [-0.1, -0.05) is 243 Å². The summed E-state index contributed by atoms with van der Waals surface area (Å²) in [5, 5.41) is 0. The molecular formula is C57H104O6. The molecule has 63 heavy (non-hydrogen) atoms. The normalized spacial score (nSPS) is 12.2. The molecule has 0 aliphatic heterocycles. The summed E-state index contributed by atoms with van der Waals surface area (Å²) < 4.78 is 16.8. The van der Waals surface area contributed by atoms with E-state index in [1.54, 1.807) is 0 Å². The summed E-state index contributed by atoms with van der Waals surface area (Å²) in [6, 6.07) is 0. The number of esters is 3. The van der Waals surface area contributed by atoms with Crippen molar-refractivity contribution < 1.29 is 28.6 Å². The zero-order valence-corrected chi connectivity index (χ0v) is 42.1. The molecule has 1 unspecified atom stereocenters. The Bertz CT molecular complexity index is 1060. The second kappa shape index (κ2) is 52.3. The number of hydrogen-bond acceptors (Lipinski definition) is 6. The van der Waals surface area contributed by atoms with Crippen molar-refractivity contribution in [2.24, 2.45) is 0 Å². The van der Waals surface area contributed by atoms with Crippen molar-refractivity contribution in [2.75, 3.05) is 13.2 Å². The Kier molecular flexibility index (Phi) is 50.3. The van der Waals surface area contributed by atoms with Crippen molar-refractivity contribution in [3.8, 4) is 0 Å². The van der Waals surface area contributed by atoms with E-state index in [1.165, 1.54) is 193 Å². The molecule has 0 saturated heterocycles. The highest BCUT2D eigenvalue weighted by atomic mass is 16.6. The topological polar surface area (TPSA) is 78.9 Å². The Balaban J connectivity index is 4.39. The molecule has 0 aromatic rings. The first kappa shape index (κ1) is 60.6. The van der Waals surface area contributed by atoms with Crippen LogP contribution in [0.15, 0.2) is 36.5 Å². The van der Waals surface area contributed by atoms with E-state index in [4.69, 9.17) is 14.2 Å². The van der Waals surface area contributed by atoms with E-state index >= 15 is 0 Å². The van der Waals surface area contributed by atoms with E-state index < -0.39 is 6.10 Å². The molecule has 0 aliphatic rings. The molecule has 0 aromatic heterocycles. The van der Waals surface area contributed by atoms with Gasteiger partial charge in [0.05, 0.1) is 0 Å². The number of unbranched alkanes of at least 4 members (excludes halogenated alkanes) is 33. The third kappa shape index (κ3) is 50.5. The predicted octanol–water partition coefficient (Wildman–Crippen LogP) is 18.1. The van der Waals surface area contributed by atoms with Gasteiger partial charge in [0.15, 0.2) is 6.10 Å². The Morgan fingerprint density at radius 1 is 0.317 bits per heavy atom. The van der Waals surface area contributed by atoms with Gasteiger partial charge in [-0.25, -0.2) is 0 Å². The second-order valence-corrected chi connectivity index (χ2v) is 18.5. The summed E-state index contributed by atoms with van der Waals surface area (Å²) in [6.07, 6.45) is 61.4. The molecule has 6 heteroatoms. The molecule has 0 fully saturated rings. The summed E-state index contributed by atoms with van der Waals surface area (Å²) in [4.78, 5) is 38.0. The van der Waals surface area contributed by atoms with Crippen molar-refractivity contribution in [2.45, 2.75) is 297 Å². The molecule has 1 atom stereocenters. The fourth-order valence-corrected chi connectivity index (χ4v) is 7.96. The highest BCUT2D eigenvalue weighted by Gasteiger charge is 2.19. The van der Waals surface area contributed by atoms with Crippen molar-refractivity contribution in [3.63, 3.8) is 0 Å². The minimum atomic E-state index is -0.792. The Morgan fingerprint density at radius 3 is 0.984 bits per heavy atom. The number of rotatable bonds is 50. The minimum absolute atomic E-state index is 0.0882. The predicted molar refractivity (Wildman–Crippen MR) is 270 cm³/mol. The fraction of sp³-hybridized carbons (Fsp3) is 0.842. The van der Waals surface area contributed by atoms with E-state index in [2.05, 4.69) is 51.2 Å². The van der Waals surface area contributed by atoms with Gasteiger partial charge in [0, 0.05) is 19.3 Å². The van der Waals surface area contributed by atoms with Crippen LogP contribution in [0.4, 0.5) is 0 Å². The number of ether oxygens (including phenoxy) is 3. The minimum Gasteiger partial charge on any atom is -0.462 e. The van der Waals surface area contributed by atoms with E-state index in [9.17, 15) is 14.4 Å². The highest BCUT2D eigenvalue weighted by molar-refractivity contribution is 5.71. The lowest BCUT2D eigenvalue weighted by atomic mass is 10.0. The third-order valence-electron chi connectivity index (χ3n) is 12.1. The van der Waals surface area contributed by atoms with Crippen LogP contribution in [-0.2, 0) is 28.6 Å². The third-order valence-corrected chi connectivity index (χ3v) is 12.1. The summed E-state index contributed by atoms with van der Waals surface area (Å²) in [7, 11) is 0. The first-order valence-electron chi connectivity index (χ1n) is 27.5. The molecule has 0 rings (SSSR count). The van der Waals surface area contributed by atoms with Crippen LogP contribution in [0.2, 0.25) is 0 Å². The van der Waals surface area contributed by atoms with Crippen LogP contribution in [0, 0.1) is 0 Å². The van der Waals surface area contributed by atoms with Gasteiger partial charge in [0.2, 0.25) is 0 Å². The van der Waals surface area contributed by atoms with Gasteiger partial charge >= 0.3 is 17.9 Å². The van der Waals surface area contributed by atoms with Gasteiger partial charge in [-0.3, -0.25) is 14.4 Å². The quantitative estimate of drug-likeness (QED) is 0.0262. The largest absolute Gasteiger partial charge is 0.462 e. The number of carbonyl (C=O) groups is 3. The monoisotopic (exact) mass is 885 g/mol. The van der Waals surface area contributed by atoms with Crippen LogP contribution >= 0.6 is 0 Å². The Hall–Kier alpha value is -2.37. The first-order chi connectivity index (χ1) is 31.0. The van der Waals surface area contributed by atoms with Gasteiger partial charge < -0.3 is 14.2 Å². The average molecular weight is 885 g/mol. The maximum atomic E-state index is 12.8. The lowest BCUT2D eigenvalue weighted by Crippen LogP contribution is -2.30. The van der Waals surface area contributed by atoms with Crippen LogP contribution in [-0.4, -0.2) is 37.2 Å². The molecule has 0 radical (unpaired) electrons. The van der Waals surface area contributed by atoms with E-state index in [1.807, 2.05) is 6.08 Å². The van der Waals surface area contributed by atoms with E-state index in [0.717, 1.165) is 51.4 Å². The van der Waals surface area contributed by atoms with Crippen molar-refractivity contribution >= 4 is 17.9 Å². The van der Waals surface area contributed by atoms with Crippen LogP contribution in [0.1, 0.15) is 290 Å². The second-order valence-electron chi connectivity index (χ2n) is 18.5. The van der Waals surface area contributed by atoms with E-state index in [0.29, 0.717) is 19.3 Å². The Labute approximate surface area is 391 Å². The zero-order chi connectivity index (χ0) is 45.8. The van der Waals surface area contributed by atoms with Crippen LogP contribution in [0.25, 0.3) is 0 Å². The van der Waals surface area contributed by atoms with Gasteiger partial charge in [0.25, 0.3) is 0 Å². The van der Waals surface area contributed by atoms with Crippen molar-refractivity contribution in [3.05, 3.63) is 36.5 Å². The number of allylic oxidation sites excluding steroid dienone is 6. The molecule has 0 N–H and O–H groups in total. The molecule has 0 spiro atoms. The molecule has 0 bridgehead atoms.